The third kappa shape index (κ3) is 2.51. The Morgan fingerprint density at radius 3 is 2.16 bits per heavy atom. The molecule has 2 aromatic rings. The van der Waals surface area contributed by atoms with Gasteiger partial charge in [0.05, 0.1) is 24.3 Å². The lowest BCUT2D eigenvalue weighted by Gasteiger charge is -2.09. The minimum Gasteiger partial charge on any atom is -0.501 e. The molecule has 6 N–H and O–H groups in total. The molecular weight excluding hydrogens is 252 g/mol. The zero-order valence-electron chi connectivity index (χ0n) is 10.2. The molecule has 0 saturated heterocycles. The summed E-state index contributed by atoms with van der Waals surface area (Å²) in [5.74, 6) is -0.927. The fourth-order valence-corrected chi connectivity index (χ4v) is 1.84. The van der Waals surface area contributed by atoms with E-state index in [0.717, 1.165) is 0 Å². The van der Waals surface area contributed by atoms with Crippen LogP contribution in [0, 0.1) is 0 Å². The van der Waals surface area contributed by atoms with Crippen molar-refractivity contribution in [3.8, 4) is 11.7 Å². The molecule has 1 heterocycles. The molecule has 7 nitrogen and oxygen atoms in total. The van der Waals surface area contributed by atoms with E-state index >= 15 is 0 Å². The van der Waals surface area contributed by atoms with Crippen LogP contribution in [0.4, 0.5) is 11.4 Å². The highest BCUT2D eigenvalue weighted by Gasteiger charge is 2.19. The molecule has 0 bridgehead atoms. The lowest BCUT2D eigenvalue weighted by atomic mass is 10.1. The summed E-state index contributed by atoms with van der Waals surface area (Å²) in [6.07, 6.45) is 0. The Morgan fingerprint density at radius 1 is 0.947 bits per heavy atom. The molecule has 104 valence electrons. The summed E-state index contributed by atoms with van der Waals surface area (Å²) in [6.45, 7) is 0.520. The maximum atomic E-state index is 9.80. The van der Waals surface area contributed by atoms with E-state index in [9.17, 15) is 10.2 Å². The molecule has 0 atom stereocenters. The highest BCUT2D eigenvalue weighted by molar-refractivity contribution is 6.03. The van der Waals surface area contributed by atoms with Crippen LogP contribution in [0.15, 0.2) is 16.5 Å². The molecule has 19 heavy (non-hydrogen) atoms. The molecule has 0 aliphatic rings. The Balaban J connectivity index is 2.48. The van der Waals surface area contributed by atoms with Crippen molar-refractivity contribution < 1.29 is 24.8 Å². The number of aliphatic hydroxyl groups excluding tert-OH is 2. The number of furan rings is 1. The second kappa shape index (κ2) is 5.68. The van der Waals surface area contributed by atoms with Crippen LogP contribution in [0.25, 0.3) is 11.0 Å². The van der Waals surface area contributed by atoms with Gasteiger partial charge in [0, 0.05) is 18.8 Å². The number of rotatable bonds is 6. The number of hydrogen-bond donors (Lipinski definition) is 6. The first-order chi connectivity index (χ1) is 9.19. The normalized spacial score (nSPS) is 10.8. The summed E-state index contributed by atoms with van der Waals surface area (Å²) in [6, 6.07) is 3.38. The summed E-state index contributed by atoms with van der Waals surface area (Å²) >= 11 is 0. The molecule has 1 aromatic carbocycles. The molecule has 0 saturated carbocycles. The molecule has 0 amide bonds. The fraction of sp³-hybridized carbons (Fsp3) is 0.333. The zero-order valence-corrected chi connectivity index (χ0v) is 10.2. The van der Waals surface area contributed by atoms with Crippen molar-refractivity contribution in [3.05, 3.63) is 12.1 Å². The molecule has 0 radical (unpaired) electrons. The maximum absolute atomic E-state index is 9.80. The Hall–Kier alpha value is -2.12. The summed E-state index contributed by atoms with van der Waals surface area (Å²) in [5, 5.41) is 43.0. The van der Waals surface area contributed by atoms with Crippen LogP contribution >= 0.6 is 0 Å². The average molecular weight is 268 g/mol. The number of fused-ring (bicyclic) bond motifs is 1. The highest BCUT2D eigenvalue weighted by atomic mass is 16.5. The minimum atomic E-state index is -0.569. The number of anilines is 2. The maximum Gasteiger partial charge on any atom is 0.327 e. The van der Waals surface area contributed by atoms with Crippen molar-refractivity contribution in [2.24, 2.45) is 0 Å². The van der Waals surface area contributed by atoms with Crippen molar-refractivity contribution in [2.45, 2.75) is 0 Å². The van der Waals surface area contributed by atoms with E-state index in [4.69, 9.17) is 14.6 Å². The van der Waals surface area contributed by atoms with Gasteiger partial charge in [-0.05, 0) is 12.1 Å². The third-order valence-corrected chi connectivity index (χ3v) is 2.65. The van der Waals surface area contributed by atoms with E-state index in [1.807, 2.05) is 0 Å². The average Bonchev–Trinajstić information content (AvgIpc) is 2.71. The number of hydrogen-bond acceptors (Lipinski definition) is 7. The second-order valence-electron chi connectivity index (χ2n) is 3.92. The van der Waals surface area contributed by atoms with Gasteiger partial charge in [-0.3, -0.25) is 0 Å². The van der Waals surface area contributed by atoms with Crippen molar-refractivity contribution in [1.82, 2.24) is 0 Å². The van der Waals surface area contributed by atoms with Gasteiger partial charge >= 0.3 is 5.95 Å². The fourth-order valence-electron chi connectivity index (χ4n) is 1.84. The molecule has 0 unspecified atom stereocenters. The van der Waals surface area contributed by atoms with Crippen molar-refractivity contribution in [3.63, 3.8) is 0 Å². The quantitative estimate of drug-likeness (QED) is 0.455. The third-order valence-electron chi connectivity index (χ3n) is 2.65. The molecule has 1 aromatic heterocycles. The first-order valence-corrected chi connectivity index (χ1v) is 5.86. The van der Waals surface area contributed by atoms with Gasteiger partial charge in [0.1, 0.15) is 0 Å². The Kier molecular flexibility index (Phi) is 3.98. The van der Waals surface area contributed by atoms with Gasteiger partial charge in [0.15, 0.2) is 5.58 Å². The van der Waals surface area contributed by atoms with Crippen molar-refractivity contribution in [1.29, 1.82) is 0 Å². The van der Waals surface area contributed by atoms with Crippen LogP contribution in [0.3, 0.4) is 0 Å². The van der Waals surface area contributed by atoms with E-state index in [2.05, 4.69) is 10.6 Å². The van der Waals surface area contributed by atoms with Gasteiger partial charge < -0.3 is 35.5 Å². The van der Waals surface area contributed by atoms with E-state index in [1.165, 1.54) is 0 Å². The van der Waals surface area contributed by atoms with E-state index in [-0.39, 0.29) is 24.5 Å². The first-order valence-electron chi connectivity index (χ1n) is 5.86. The molecule has 0 spiro atoms. The van der Waals surface area contributed by atoms with Gasteiger partial charge in [0.25, 0.3) is 0 Å². The lowest BCUT2D eigenvalue weighted by molar-refractivity contribution is 0.310. The number of aromatic hydroxyl groups is 2. The largest absolute Gasteiger partial charge is 0.501 e. The van der Waals surface area contributed by atoms with Crippen molar-refractivity contribution >= 4 is 22.3 Å². The van der Waals surface area contributed by atoms with Crippen LogP contribution in [0.5, 0.6) is 11.7 Å². The van der Waals surface area contributed by atoms with Crippen LogP contribution in [0.1, 0.15) is 0 Å². The topological polar surface area (TPSA) is 118 Å². The molecule has 0 aliphatic heterocycles. The molecular formula is C12H16N2O5. The SMILES string of the molecule is OCCNc1ccc(NCCO)c2c(O)c(O)oc12. The number of nitrogens with one attached hydrogen (secondary N) is 2. The van der Waals surface area contributed by atoms with E-state index in [1.54, 1.807) is 12.1 Å². The van der Waals surface area contributed by atoms with Crippen LogP contribution < -0.4 is 10.6 Å². The first kappa shape index (κ1) is 13.3. The highest BCUT2D eigenvalue weighted by Crippen LogP contribution is 2.44. The van der Waals surface area contributed by atoms with Crippen LogP contribution in [-0.4, -0.2) is 46.7 Å². The summed E-state index contributed by atoms with van der Waals surface area (Å²) < 4.78 is 5.11. The molecule has 2 rings (SSSR count). The smallest absolute Gasteiger partial charge is 0.327 e. The predicted molar refractivity (Wildman–Crippen MR) is 70.7 cm³/mol. The van der Waals surface area contributed by atoms with E-state index < -0.39 is 5.95 Å². The summed E-state index contributed by atoms with van der Waals surface area (Å²) in [5.41, 5.74) is 1.38. The summed E-state index contributed by atoms with van der Waals surface area (Å²) in [4.78, 5) is 0. The minimum absolute atomic E-state index is 0.0509. The second-order valence-corrected chi connectivity index (χ2v) is 3.92. The van der Waals surface area contributed by atoms with Gasteiger partial charge in [0.2, 0.25) is 5.75 Å². The Bertz CT molecular complexity index is 567. The van der Waals surface area contributed by atoms with Gasteiger partial charge in [-0.2, -0.15) is 0 Å². The van der Waals surface area contributed by atoms with E-state index in [0.29, 0.717) is 29.9 Å². The van der Waals surface area contributed by atoms with Crippen LogP contribution in [0.2, 0.25) is 0 Å². The van der Waals surface area contributed by atoms with Gasteiger partial charge in [-0.1, -0.05) is 0 Å². The Labute approximate surface area is 109 Å². The molecule has 7 heteroatoms. The number of aliphatic hydroxyl groups is 2. The molecule has 0 fully saturated rings. The monoisotopic (exact) mass is 268 g/mol. The lowest BCUT2D eigenvalue weighted by Crippen LogP contribution is -2.07. The van der Waals surface area contributed by atoms with Crippen LogP contribution in [-0.2, 0) is 0 Å². The summed E-state index contributed by atoms with van der Waals surface area (Å²) in [7, 11) is 0. The molecule has 0 aliphatic carbocycles. The number of benzene rings is 1. The predicted octanol–water partition coefficient (Wildman–Crippen LogP) is 0.652. The van der Waals surface area contributed by atoms with Gasteiger partial charge in [-0.25, -0.2) is 0 Å². The van der Waals surface area contributed by atoms with Crippen molar-refractivity contribution in [2.75, 3.05) is 36.9 Å². The van der Waals surface area contributed by atoms with Gasteiger partial charge in [-0.15, -0.1) is 0 Å². The Morgan fingerprint density at radius 2 is 1.53 bits per heavy atom. The zero-order chi connectivity index (χ0) is 13.8. The standard InChI is InChI=1S/C12H16N2O5/c15-5-3-13-7-1-2-8(14-4-6-16)11-9(7)10(17)12(18)19-11/h1-2,13-18H,3-6H2.